The van der Waals surface area contributed by atoms with E-state index in [2.05, 4.69) is 29.0 Å². The van der Waals surface area contributed by atoms with Crippen LogP contribution < -0.4 is 15.4 Å². The molecule has 30 heavy (non-hydrogen) atoms. The molecule has 4 rings (SSSR count). The standard InChI is InChI=1S/C13H18F2N4O2.C7H8.C2H6/c14-12(15)9-8-19(5-6-21-9)10-7-11(20)17-13(16-10)18-3-1-2-4-18;1-7-5-3-2-4-6-7;1-2/h7,9,12H,1-6,8H2,(H,16,17,20);2-6H,1H3;1-2H3. The van der Waals surface area contributed by atoms with Gasteiger partial charge in [-0.25, -0.2) is 8.78 Å². The van der Waals surface area contributed by atoms with Gasteiger partial charge in [0.25, 0.3) is 12.0 Å². The van der Waals surface area contributed by atoms with Crippen molar-refractivity contribution in [1.82, 2.24) is 9.97 Å². The molecule has 2 fully saturated rings. The fourth-order valence-electron chi connectivity index (χ4n) is 3.24. The summed E-state index contributed by atoms with van der Waals surface area (Å²) < 4.78 is 30.6. The zero-order chi connectivity index (χ0) is 21.9. The Bertz CT molecular complexity index is 795. The van der Waals surface area contributed by atoms with E-state index >= 15 is 0 Å². The van der Waals surface area contributed by atoms with E-state index in [1.165, 1.54) is 11.6 Å². The van der Waals surface area contributed by atoms with E-state index in [4.69, 9.17) is 4.74 Å². The fourth-order valence-corrected chi connectivity index (χ4v) is 3.24. The van der Waals surface area contributed by atoms with Crippen LogP contribution in [0.1, 0.15) is 32.3 Å². The smallest absolute Gasteiger partial charge is 0.266 e. The quantitative estimate of drug-likeness (QED) is 0.814. The summed E-state index contributed by atoms with van der Waals surface area (Å²) in [5.41, 5.74) is 1.06. The van der Waals surface area contributed by atoms with Crippen LogP contribution in [0.5, 0.6) is 0 Å². The summed E-state index contributed by atoms with van der Waals surface area (Å²) in [5.74, 6) is 0.963. The molecule has 0 bridgehead atoms. The third-order valence-electron chi connectivity index (χ3n) is 4.76. The predicted octanol–water partition coefficient (Wildman–Crippen LogP) is 3.86. The number of hydrogen-bond acceptors (Lipinski definition) is 5. The molecule has 0 amide bonds. The number of alkyl halides is 2. The monoisotopic (exact) mass is 422 g/mol. The van der Waals surface area contributed by atoms with Crippen LogP contribution in [0.15, 0.2) is 41.2 Å². The first-order valence-corrected chi connectivity index (χ1v) is 10.6. The fraction of sp³-hybridized carbons (Fsp3) is 0.545. The molecule has 0 saturated carbocycles. The largest absolute Gasteiger partial charge is 0.369 e. The van der Waals surface area contributed by atoms with Crippen LogP contribution in [0.25, 0.3) is 0 Å². The van der Waals surface area contributed by atoms with Gasteiger partial charge in [-0.3, -0.25) is 9.78 Å². The molecule has 2 aliphatic rings. The molecule has 2 aromatic rings. The molecule has 0 spiro atoms. The van der Waals surface area contributed by atoms with Crippen LogP contribution in [0.3, 0.4) is 0 Å². The molecule has 1 unspecified atom stereocenters. The maximum absolute atomic E-state index is 12.8. The first-order valence-electron chi connectivity index (χ1n) is 10.6. The Kier molecular flexibility index (Phi) is 9.73. The number of aryl methyl sites for hydroxylation is 1. The number of aromatic amines is 1. The Morgan fingerprint density at radius 2 is 1.77 bits per heavy atom. The van der Waals surface area contributed by atoms with E-state index < -0.39 is 12.5 Å². The average molecular weight is 423 g/mol. The highest BCUT2D eigenvalue weighted by atomic mass is 19.3. The molecular formula is C22H32F2N4O2. The molecule has 2 saturated heterocycles. The van der Waals surface area contributed by atoms with E-state index in [1.807, 2.05) is 36.9 Å². The first kappa shape index (κ1) is 23.8. The van der Waals surface area contributed by atoms with Crippen molar-refractivity contribution in [2.75, 3.05) is 42.6 Å². The molecule has 8 heteroatoms. The van der Waals surface area contributed by atoms with Gasteiger partial charge in [0, 0.05) is 25.7 Å². The van der Waals surface area contributed by atoms with Crippen LogP contribution in [-0.4, -0.2) is 55.3 Å². The molecule has 1 aromatic carbocycles. The topological polar surface area (TPSA) is 61.5 Å². The van der Waals surface area contributed by atoms with Crippen LogP contribution in [-0.2, 0) is 4.74 Å². The second-order valence-electron chi connectivity index (χ2n) is 6.97. The Hall–Kier alpha value is -2.48. The van der Waals surface area contributed by atoms with Gasteiger partial charge in [0.1, 0.15) is 11.9 Å². The minimum Gasteiger partial charge on any atom is -0.369 e. The SMILES string of the molecule is CC.Cc1ccccc1.O=c1cc(N2CCOC(C(F)F)C2)nc(N2CCCC2)[nH]1. The molecule has 0 radical (unpaired) electrons. The maximum Gasteiger partial charge on any atom is 0.266 e. The number of morpholine rings is 1. The summed E-state index contributed by atoms with van der Waals surface area (Å²) in [6.07, 6.45) is -1.53. The lowest BCUT2D eigenvalue weighted by Gasteiger charge is -2.33. The summed E-state index contributed by atoms with van der Waals surface area (Å²) in [5, 5.41) is 0. The third-order valence-corrected chi connectivity index (χ3v) is 4.76. The molecule has 1 aromatic heterocycles. The highest BCUT2D eigenvalue weighted by molar-refractivity contribution is 5.44. The molecule has 166 valence electrons. The average Bonchev–Trinajstić information content (AvgIpc) is 3.31. The number of nitrogens with zero attached hydrogens (tertiary/aromatic N) is 3. The second-order valence-corrected chi connectivity index (χ2v) is 6.97. The van der Waals surface area contributed by atoms with E-state index in [9.17, 15) is 13.6 Å². The number of halogens is 2. The van der Waals surface area contributed by atoms with Gasteiger partial charge in [0.2, 0.25) is 5.95 Å². The van der Waals surface area contributed by atoms with E-state index in [-0.39, 0.29) is 18.7 Å². The highest BCUT2D eigenvalue weighted by Gasteiger charge is 2.29. The van der Waals surface area contributed by atoms with Crippen molar-refractivity contribution in [3.05, 3.63) is 52.3 Å². The molecule has 1 N–H and O–H groups in total. The minimum absolute atomic E-state index is 0.0492. The zero-order valence-corrected chi connectivity index (χ0v) is 18.0. The Labute approximate surface area is 176 Å². The van der Waals surface area contributed by atoms with E-state index in [0.29, 0.717) is 18.3 Å². The molecule has 2 aliphatic heterocycles. The van der Waals surface area contributed by atoms with Crippen molar-refractivity contribution in [2.45, 2.75) is 46.1 Å². The number of H-pyrrole nitrogens is 1. The number of hydrogen-bond donors (Lipinski definition) is 1. The molecule has 0 aliphatic carbocycles. The van der Waals surface area contributed by atoms with E-state index in [1.54, 1.807) is 4.90 Å². The number of rotatable bonds is 3. The minimum atomic E-state index is -2.53. The summed E-state index contributed by atoms with van der Waals surface area (Å²) in [4.78, 5) is 22.6. The summed E-state index contributed by atoms with van der Waals surface area (Å²) >= 11 is 0. The Balaban J connectivity index is 0.000000299. The van der Waals surface area contributed by atoms with Crippen molar-refractivity contribution in [2.24, 2.45) is 0 Å². The number of ether oxygens (including phenoxy) is 1. The molecule has 6 nitrogen and oxygen atoms in total. The zero-order valence-electron chi connectivity index (χ0n) is 18.0. The van der Waals surface area contributed by atoms with Gasteiger partial charge in [0.15, 0.2) is 0 Å². The van der Waals surface area contributed by atoms with Gasteiger partial charge in [-0.15, -0.1) is 0 Å². The van der Waals surface area contributed by atoms with Crippen molar-refractivity contribution < 1.29 is 13.5 Å². The van der Waals surface area contributed by atoms with E-state index in [0.717, 1.165) is 25.9 Å². The predicted molar refractivity (Wildman–Crippen MR) is 117 cm³/mol. The number of aromatic nitrogens is 2. The highest BCUT2D eigenvalue weighted by Crippen LogP contribution is 2.20. The molecular weight excluding hydrogens is 390 g/mol. The third kappa shape index (κ3) is 7.09. The van der Waals surface area contributed by atoms with Crippen LogP contribution in [0.2, 0.25) is 0 Å². The van der Waals surface area contributed by atoms with Crippen LogP contribution in [0, 0.1) is 6.92 Å². The lowest BCUT2D eigenvalue weighted by Crippen LogP contribution is -2.46. The number of anilines is 2. The van der Waals surface area contributed by atoms with Crippen molar-refractivity contribution in [1.29, 1.82) is 0 Å². The lowest BCUT2D eigenvalue weighted by atomic mass is 10.2. The van der Waals surface area contributed by atoms with Gasteiger partial charge in [0.05, 0.1) is 13.2 Å². The maximum atomic E-state index is 12.8. The number of nitrogens with one attached hydrogen (secondary N) is 1. The summed E-state index contributed by atoms with van der Waals surface area (Å²) in [7, 11) is 0. The van der Waals surface area contributed by atoms with Crippen molar-refractivity contribution in [3.63, 3.8) is 0 Å². The first-order chi connectivity index (χ1) is 14.5. The molecule has 3 heterocycles. The van der Waals surface area contributed by atoms with Crippen molar-refractivity contribution in [3.8, 4) is 0 Å². The number of benzene rings is 1. The van der Waals surface area contributed by atoms with Gasteiger partial charge in [-0.1, -0.05) is 49.7 Å². The van der Waals surface area contributed by atoms with Crippen molar-refractivity contribution >= 4 is 11.8 Å². The van der Waals surface area contributed by atoms with Gasteiger partial charge >= 0.3 is 0 Å². The van der Waals surface area contributed by atoms with Crippen LogP contribution >= 0.6 is 0 Å². The van der Waals surface area contributed by atoms with Gasteiger partial charge in [-0.05, 0) is 19.8 Å². The Morgan fingerprint density at radius 1 is 1.10 bits per heavy atom. The van der Waals surface area contributed by atoms with Gasteiger partial charge < -0.3 is 14.5 Å². The Morgan fingerprint density at radius 3 is 2.33 bits per heavy atom. The summed E-state index contributed by atoms with van der Waals surface area (Å²) in [6.45, 7) is 8.51. The molecule has 1 atom stereocenters. The summed E-state index contributed by atoms with van der Waals surface area (Å²) in [6, 6.07) is 11.6. The van der Waals surface area contributed by atoms with Crippen LogP contribution in [0.4, 0.5) is 20.5 Å². The van der Waals surface area contributed by atoms with Gasteiger partial charge in [-0.2, -0.15) is 4.98 Å². The normalized spacial score (nSPS) is 18.4. The second kappa shape index (κ2) is 12.3. The lowest BCUT2D eigenvalue weighted by molar-refractivity contribution is -0.0615.